The molecule has 7 nitrogen and oxygen atoms in total. The molecule has 2 aromatic rings. The van der Waals surface area contributed by atoms with Crippen molar-refractivity contribution in [3.63, 3.8) is 0 Å². The number of halogens is 2. The van der Waals surface area contributed by atoms with E-state index in [9.17, 15) is 20.2 Å². The van der Waals surface area contributed by atoms with Crippen molar-refractivity contribution in [3.8, 4) is 0 Å². The fraction of sp³-hybridized carbons (Fsp3) is 0.333. The summed E-state index contributed by atoms with van der Waals surface area (Å²) in [4.78, 5) is 21.8. The zero-order chi connectivity index (χ0) is 22.0. The van der Waals surface area contributed by atoms with Gasteiger partial charge >= 0.3 is 0 Å². The van der Waals surface area contributed by atoms with Gasteiger partial charge in [0.05, 0.1) is 40.5 Å². The third-order valence-electron chi connectivity index (χ3n) is 4.07. The Kier molecular flexibility index (Phi) is 7.45. The van der Waals surface area contributed by atoms with E-state index in [0.717, 1.165) is 24.1 Å². The zero-order valence-electron chi connectivity index (χ0n) is 16.0. The maximum Gasteiger partial charge on any atom is 0.275 e. The molecule has 0 aliphatic carbocycles. The van der Waals surface area contributed by atoms with Crippen LogP contribution >= 0.6 is 47.3 Å². The number of nitro groups is 2. The van der Waals surface area contributed by atoms with Gasteiger partial charge in [0.2, 0.25) is 0 Å². The van der Waals surface area contributed by atoms with Gasteiger partial charge in [-0.05, 0) is 39.8 Å². The summed E-state index contributed by atoms with van der Waals surface area (Å²) in [6, 6.07) is 8.95. The minimum Gasteiger partial charge on any atom is -0.258 e. The van der Waals surface area contributed by atoms with Crippen LogP contribution < -0.4 is 0 Å². The van der Waals surface area contributed by atoms with Crippen LogP contribution in [0.3, 0.4) is 0 Å². The topological polar surface area (TPSA) is 95.5 Å². The molecule has 0 heterocycles. The summed E-state index contributed by atoms with van der Waals surface area (Å²) in [6.07, 6.45) is 0. The van der Waals surface area contributed by atoms with Gasteiger partial charge in [-0.2, -0.15) is 0 Å². The molecule has 0 radical (unpaired) electrons. The SMILES string of the molecule is CC(C)(SOSC(C)(C)c1c(Cl)cccc1[N+](=O)[O-])c1c(Cl)cccc1[N+](=O)[O-]. The monoisotopic (exact) mass is 476 g/mol. The van der Waals surface area contributed by atoms with Crippen LogP contribution in [-0.2, 0) is 13.1 Å². The van der Waals surface area contributed by atoms with E-state index in [4.69, 9.17) is 26.8 Å². The van der Waals surface area contributed by atoms with Crippen LogP contribution in [0.2, 0.25) is 10.0 Å². The molecule has 0 bridgehead atoms. The van der Waals surface area contributed by atoms with Crippen molar-refractivity contribution in [2.24, 2.45) is 0 Å². The van der Waals surface area contributed by atoms with Crippen molar-refractivity contribution in [2.75, 3.05) is 0 Å². The summed E-state index contributed by atoms with van der Waals surface area (Å²) in [6.45, 7) is 6.99. The predicted octanol–water partition coefficient (Wildman–Crippen LogP) is 7.29. The first-order chi connectivity index (χ1) is 13.4. The highest BCUT2D eigenvalue weighted by Gasteiger charge is 2.37. The fourth-order valence-corrected chi connectivity index (χ4v) is 5.81. The smallest absolute Gasteiger partial charge is 0.258 e. The maximum atomic E-state index is 11.4. The summed E-state index contributed by atoms with van der Waals surface area (Å²) in [7, 11) is 0. The summed E-state index contributed by atoms with van der Waals surface area (Å²) in [5.41, 5.74) is 0.451. The predicted molar refractivity (Wildman–Crippen MR) is 119 cm³/mol. The van der Waals surface area contributed by atoms with E-state index < -0.39 is 19.3 Å². The highest BCUT2D eigenvalue weighted by molar-refractivity contribution is 8.08. The third-order valence-corrected chi connectivity index (χ3v) is 6.48. The van der Waals surface area contributed by atoms with Crippen molar-refractivity contribution in [3.05, 3.63) is 77.8 Å². The summed E-state index contributed by atoms with van der Waals surface area (Å²) in [5, 5.41) is 23.3. The molecule has 0 aliphatic heterocycles. The van der Waals surface area contributed by atoms with E-state index in [1.54, 1.807) is 39.8 Å². The van der Waals surface area contributed by atoms with Gasteiger partial charge in [0, 0.05) is 36.2 Å². The standard InChI is InChI=1S/C18H18Cl2N2O5S2/c1-17(2,15-11(19)7-5-9-13(15)21(23)24)28-27-29-18(3,4)16-12(20)8-6-10-14(16)22(25)26/h5-10H,1-4H3. The van der Waals surface area contributed by atoms with Crippen LogP contribution in [0, 0.1) is 20.2 Å². The van der Waals surface area contributed by atoms with E-state index in [2.05, 4.69) is 0 Å². The molecular formula is C18H18Cl2N2O5S2. The second kappa shape index (κ2) is 9.09. The van der Waals surface area contributed by atoms with Crippen LogP contribution in [-0.4, -0.2) is 9.85 Å². The van der Waals surface area contributed by atoms with Crippen molar-refractivity contribution in [2.45, 2.75) is 37.2 Å². The summed E-state index contributed by atoms with van der Waals surface area (Å²) >= 11 is 14.4. The molecule has 2 rings (SSSR count). The molecule has 2 aromatic carbocycles. The molecule has 0 atom stereocenters. The minimum atomic E-state index is -0.865. The normalized spacial score (nSPS) is 12.1. The molecule has 0 unspecified atom stereocenters. The third kappa shape index (κ3) is 5.35. The van der Waals surface area contributed by atoms with Gasteiger partial charge in [-0.15, -0.1) is 0 Å². The Bertz CT molecular complexity index is 878. The molecule has 0 N–H and O–H groups in total. The quantitative estimate of drug-likeness (QED) is 0.224. The van der Waals surface area contributed by atoms with E-state index in [1.807, 2.05) is 0 Å². The van der Waals surface area contributed by atoms with Gasteiger partial charge in [0.1, 0.15) is 0 Å². The van der Waals surface area contributed by atoms with Crippen LogP contribution in [0.15, 0.2) is 36.4 Å². The van der Waals surface area contributed by atoms with Gasteiger partial charge in [-0.25, -0.2) is 3.63 Å². The van der Waals surface area contributed by atoms with Crippen molar-refractivity contribution < 1.29 is 13.5 Å². The minimum absolute atomic E-state index is 0.107. The average Bonchev–Trinajstić information content (AvgIpc) is 2.60. The zero-order valence-corrected chi connectivity index (χ0v) is 19.1. The largest absolute Gasteiger partial charge is 0.275 e. The van der Waals surface area contributed by atoms with Crippen molar-refractivity contribution in [1.82, 2.24) is 0 Å². The Morgan fingerprint density at radius 2 is 1.14 bits per heavy atom. The fourth-order valence-electron chi connectivity index (χ4n) is 2.79. The van der Waals surface area contributed by atoms with Gasteiger partial charge in [-0.1, -0.05) is 35.3 Å². The summed E-state index contributed by atoms with van der Waals surface area (Å²) < 4.78 is 3.99. The first-order valence-corrected chi connectivity index (χ1v) is 10.5. The number of nitrogens with zero attached hydrogens (tertiary/aromatic N) is 2. The molecule has 29 heavy (non-hydrogen) atoms. The Morgan fingerprint density at radius 3 is 1.45 bits per heavy atom. The second-order valence-electron chi connectivity index (χ2n) is 7.04. The Labute approximate surface area is 186 Å². The molecule has 0 aromatic heterocycles. The van der Waals surface area contributed by atoms with E-state index in [0.29, 0.717) is 11.1 Å². The number of benzene rings is 2. The molecule has 0 spiro atoms. The van der Waals surface area contributed by atoms with Crippen LogP contribution in [0.1, 0.15) is 38.8 Å². The molecule has 0 fully saturated rings. The molecule has 0 saturated carbocycles. The number of hydrogen-bond acceptors (Lipinski definition) is 7. The lowest BCUT2D eigenvalue weighted by Crippen LogP contribution is -2.18. The highest BCUT2D eigenvalue weighted by Crippen LogP contribution is 2.50. The van der Waals surface area contributed by atoms with Crippen molar-refractivity contribution in [1.29, 1.82) is 0 Å². The lowest BCUT2D eigenvalue weighted by molar-refractivity contribution is -0.385. The number of hydrogen-bond donors (Lipinski definition) is 0. The molecule has 0 saturated heterocycles. The maximum absolute atomic E-state index is 11.4. The Hall–Kier alpha value is -1.52. The lowest BCUT2D eigenvalue weighted by Gasteiger charge is -2.27. The Morgan fingerprint density at radius 1 is 0.793 bits per heavy atom. The second-order valence-corrected chi connectivity index (χ2v) is 10.8. The molecular weight excluding hydrogens is 459 g/mol. The first-order valence-electron chi connectivity index (χ1n) is 8.29. The van der Waals surface area contributed by atoms with Gasteiger partial charge in [0.15, 0.2) is 0 Å². The summed E-state index contributed by atoms with van der Waals surface area (Å²) in [5.74, 6) is 0. The van der Waals surface area contributed by atoms with Crippen molar-refractivity contribution >= 4 is 58.7 Å². The number of rotatable bonds is 8. The van der Waals surface area contributed by atoms with Gasteiger partial charge < -0.3 is 0 Å². The lowest BCUT2D eigenvalue weighted by atomic mass is 10.0. The Balaban J connectivity index is 2.26. The van der Waals surface area contributed by atoms with Gasteiger partial charge in [0.25, 0.3) is 11.4 Å². The molecule has 0 aliphatic rings. The molecule has 156 valence electrons. The van der Waals surface area contributed by atoms with Crippen LogP contribution in [0.5, 0.6) is 0 Å². The molecule has 0 amide bonds. The average molecular weight is 477 g/mol. The van der Waals surface area contributed by atoms with Crippen LogP contribution in [0.4, 0.5) is 11.4 Å². The van der Waals surface area contributed by atoms with E-state index in [1.165, 1.54) is 24.3 Å². The van der Waals surface area contributed by atoms with Gasteiger partial charge in [-0.3, -0.25) is 20.2 Å². The van der Waals surface area contributed by atoms with E-state index in [-0.39, 0.29) is 21.4 Å². The van der Waals surface area contributed by atoms with Crippen LogP contribution in [0.25, 0.3) is 0 Å². The van der Waals surface area contributed by atoms with E-state index >= 15 is 0 Å². The molecule has 11 heteroatoms. The highest BCUT2D eigenvalue weighted by atomic mass is 35.5. The first kappa shape index (κ1) is 23.8. The number of nitro benzene ring substituents is 2.